The van der Waals surface area contributed by atoms with Gasteiger partial charge < -0.3 is 19.1 Å². The number of carbonyl (C=O) groups is 3. The molecule has 0 bridgehead atoms. The molecule has 1 unspecified atom stereocenters. The molecule has 3 fully saturated rings. The Morgan fingerprint density at radius 3 is 2.47 bits per heavy atom. The van der Waals surface area contributed by atoms with Crippen LogP contribution in [0.5, 0.6) is 5.75 Å². The van der Waals surface area contributed by atoms with E-state index in [-0.39, 0.29) is 18.0 Å². The van der Waals surface area contributed by atoms with Crippen LogP contribution in [0.3, 0.4) is 0 Å². The van der Waals surface area contributed by atoms with Crippen molar-refractivity contribution in [3.05, 3.63) is 59.7 Å². The molecule has 0 aromatic heterocycles. The molecular formula is C30H34N2O6. The molecule has 2 saturated heterocycles. The van der Waals surface area contributed by atoms with E-state index in [0.29, 0.717) is 24.2 Å². The van der Waals surface area contributed by atoms with Crippen LogP contribution >= 0.6 is 0 Å². The fourth-order valence-electron chi connectivity index (χ4n) is 8.39. The number of hydrogen-bond donors (Lipinski definition) is 0. The summed E-state index contributed by atoms with van der Waals surface area (Å²) in [6.45, 7) is 3.10. The minimum Gasteiger partial charge on any atom is -0.495 e. The molecule has 1 spiro atoms. The number of hydrogen-bond acceptors (Lipinski definition) is 7. The Bertz CT molecular complexity index is 1280. The Morgan fingerprint density at radius 2 is 1.76 bits per heavy atom. The number of methoxy groups -OCH3 is 2. The van der Waals surface area contributed by atoms with Gasteiger partial charge >= 0.3 is 11.9 Å². The van der Waals surface area contributed by atoms with Crippen molar-refractivity contribution in [2.24, 2.45) is 5.41 Å². The van der Waals surface area contributed by atoms with Crippen LogP contribution in [-0.4, -0.2) is 68.2 Å². The van der Waals surface area contributed by atoms with Gasteiger partial charge in [0.15, 0.2) is 0 Å². The third kappa shape index (κ3) is 3.28. The highest BCUT2D eigenvalue weighted by Crippen LogP contribution is 2.67. The summed E-state index contributed by atoms with van der Waals surface area (Å²) < 4.78 is 16.9. The molecule has 3 aliphatic heterocycles. The van der Waals surface area contributed by atoms with E-state index >= 15 is 0 Å². The fraction of sp³-hybridized carbons (Fsp3) is 0.500. The second kappa shape index (κ2) is 9.12. The number of esters is 2. The second-order valence-electron chi connectivity index (χ2n) is 11.0. The Labute approximate surface area is 222 Å². The molecule has 6 rings (SSSR count). The highest BCUT2D eigenvalue weighted by molar-refractivity contribution is 6.09. The van der Waals surface area contributed by atoms with Crippen molar-refractivity contribution < 1.29 is 28.6 Å². The van der Waals surface area contributed by atoms with Crippen molar-refractivity contribution in [1.29, 1.82) is 0 Å². The number of nitrogens with zero attached hydrogens (tertiary/aromatic N) is 2. The normalized spacial score (nSPS) is 30.0. The average molecular weight is 519 g/mol. The van der Waals surface area contributed by atoms with E-state index < -0.39 is 28.9 Å². The first-order valence-electron chi connectivity index (χ1n) is 13.4. The lowest BCUT2D eigenvalue weighted by atomic mass is 9.51. The SMILES string of the molecule is COC(=O)C(OC(C)=O)[C@@]12CCCN3CC[C@]4(c5cccc(OC)c5N(C(=O)c5ccccc5)[C@@H]4CC1)[C@H]32. The zero-order valence-corrected chi connectivity index (χ0v) is 22.1. The number of piperidine rings is 1. The van der Waals surface area contributed by atoms with Crippen molar-refractivity contribution in [3.63, 3.8) is 0 Å². The monoisotopic (exact) mass is 518 g/mol. The summed E-state index contributed by atoms with van der Waals surface area (Å²) in [5, 5.41) is 0. The minimum atomic E-state index is -0.998. The third-order valence-corrected chi connectivity index (χ3v) is 9.51. The number of para-hydroxylation sites is 1. The predicted octanol–water partition coefficient (Wildman–Crippen LogP) is 3.72. The number of anilines is 1. The van der Waals surface area contributed by atoms with Gasteiger partial charge in [-0.1, -0.05) is 30.3 Å². The van der Waals surface area contributed by atoms with Crippen LogP contribution in [0.4, 0.5) is 5.69 Å². The lowest BCUT2D eigenvalue weighted by Crippen LogP contribution is -2.69. The van der Waals surface area contributed by atoms with E-state index in [1.165, 1.54) is 14.0 Å². The lowest BCUT2D eigenvalue weighted by Gasteiger charge is -2.59. The van der Waals surface area contributed by atoms with E-state index in [0.717, 1.165) is 43.6 Å². The van der Waals surface area contributed by atoms with Crippen LogP contribution in [0.15, 0.2) is 48.5 Å². The Kier molecular flexibility index (Phi) is 5.98. The first-order chi connectivity index (χ1) is 18.4. The molecule has 200 valence electrons. The van der Waals surface area contributed by atoms with E-state index in [4.69, 9.17) is 14.2 Å². The molecular weight excluding hydrogens is 484 g/mol. The molecule has 5 atom stereocenters. The Morgan fingerprint density at radius 1 is 0.974 bits per heavy atom. The van der Waals surface area contributed by atoms with Crippen LogP contribution in [-0.2, 0) is 24.5 Å². The third-order valence-electron chi connectivity index (χ3n) is 9.51. The van der Waals surface area contributed by atoms with Crippen LogP contribution in [0.25, 0.3) is 0 Å². The molecule has 2 aromatic rings. The van der Waals surface area contributed by atoms with Crippen LogP contribution in [0.2, 0.25) is 0 Å². The highest BCUT2D eigenvalue weighted by Gasteiger charge is 2.72. The fourth-order valence-corrected chi connectivity index (χ4v) is 8.39. The van der Waals surface area contributed by atoms with Crippen LogP contribution < -0.4 is 9.64 Å². The molecule has 8 nitrogen and oxygen atoms in total. The molecule has 0 N–H and O–H groups in total. The first kappa shape index (κ1) is 24.9. The maximum Gasteiger partial charge on any atom is 0.347 e. The largest absolute Gasteiger partial charge is 0.495 e. The smallest absolute Gasteiger partial charge is 0.347 e. The summed E-state index contributed by atoms with van der Waals surface area (Å²) in [4.78, 5) is 44.1. The van der Waals surface area contributed by atoms with Gasteiger partial charge in [0.1, 0.15) is 5.75 Å². The zero-order chi connectivity index (χ0) is 26.7. The summed E-state index contributed by atoms with van der Waals surface area (Å²) in [5.74, 6) is -0.386. The van der Waals surface area contributed by atoms with Gasteiger partial charge in [0.25, 0.3) is 5.91 Å². The van der Waals surface area contributed by atoms with Gasteiger partial charge in [-0.3, -0.25) is 14.5 Å². The topological polar surface area (TPSA) is 85.4 Å². The maximum absolute atomic E-state index is 14.2. The van der Waals surface area contributed by atoms with Crippen LogP contribution in [0.1, 0.15) is 54.9 Å². The van der Waals surface area contributed by atoms with Gasteiger partial charge in [-0.25, -0.2) is 4.79 Å². The molecule has 3 heterocycles. The van der Waals surface area contributed by atoms with Gasteiger partial charge in [-0.2, -0.15) is 0 Å². The van der Waals surface area contributed by atoms with Gasteiger partial charge in [0, 0.05) is 35.4 Å². The summed E-state index contributed by atoms with van der Waals surface area (Å²) in [6.07, 6.45) is 2.82. The Balaban J connectivity index is 1.56. The molecule has 0 radical (unpaired) electrons. The van der Waals surface area contributed by atoms with Gasteiger partial charge in [-0.15, -0.1) is 0 Å². The standard InChI is InChI=1S/C30H34N2O6/c1-19(33)38-25(27(35)37-3)29-14-8-17-31-18-16-30(28(29)31)21-11-7-12-22(36-2)24(21)32(23(30)13-15-29)26(34)20-9-5-4-6-10-20/h4-7,9-12,23,25,28H,8,13-18H2,1-3H3/t23-,25?,28-,29-,30-/m1/s1. The summed E-state index contributed by atoms with van der Waals surface area (Å²) in [7, 11) is 2.99. The zero-order valence-electron chi connectivity index (χ0n) is 22.1. The molecule has 8 heteroatoms. The number of carbonyl (C=O) groups excluding carboxylic acids is 3. The highest BCUT2D eigenvalue weighted by atomic mass is 16.6. The number of fused-ring (bicyclic) bond motifs is 1. The summed E-state index contributed by atoms with van der Waals surface area (Å²) in [5.41, 5.74) is 1.48. The second-order valence-corrected chi connectivity index (χ2v) is 11.0. The predicted molar refractivity (Wildman–Crippen MR) is 140 cm³/mol. The number of ether oxygens (including phenoxy) is 3. The van der Waals surface area contributed by atoms with Gasteiger partial charge in [0.2, 0.25) is 6.10 Å². The first-order valence-corrected chi connectivity index (χ1v) is 13.4. The molecule has 1 aliphatic carbocycles. The number of benzene rings is 2. The van der Waals surface area contributed by atoms with Crippen molar-refractivity contribution >= 4 is 23.5 Å². The summed E-state index contributed by atoms with van der Waals surface area (Å²) >= 11 is 0. The molecule has 4 aliphatic rings. The van der Waals surface area contributed by atoms with E-state index in [1.807, 2.05) is 47.4 Å². The van der Waals surface area contributed by atoms with E-state index in [1.54, 1.807) is 7.11 Å². The van der Waals surface area contributed by atoms with E-state index in [2.05, 4.69) is 11.0 Å². The van der Waals surface area contributed by atoms with Gasteiger partial charge in [-0.05, 0) is 69.0 Å². The van der Waals surface area contributed by atoms with Crippen LogP contribution in [0, 0.1) is 5.41 Å². The minimum absolute atomic E-state index is 0.0514. The van der Waals surface area contributed by atoms with Crippen molar-refractivity contribution in [2.75, 3.05) is 32.2 Å². The van der Waals surface area contributed by atoms with Crippen molar-refractivity contribution in [1.82, 2.24) is 4.90 Å². The lowest BCUT2D eigenvalue weighted by molar-refractivity contribution is -0.188. The quantitative estimate of drug-likeness (QED) is 0.558. The Hall–Kier alpha value is -3.39. The maximum atomic E-state index is 14.2. The molecule has 38 heavy (non-hydrogen) atoms. The van der Waals surface area contributed by atoms with Gasteiger partial charge in [0.05, 0.1) is 19.9 Å². The number of amides is 1. The van der Waals surface area contributed by atoms with Crippen molar-refractivity contribution in [3.8, 4) is 5.75 Å². The van der Waals surface area contributed by atoms with Crippen molar-refractivity contribution in [2.45, 2.75) is 62.6 Å². The molecule has 1 amide bonds. The average Bonchev–Trinajstić information content (AvgIpc) is 3.48. The number of rotatable bonds is 5. The molecule has 2 aromatic carbocycles. The summed E-state index contributed by atoms with van der Waals surface area (Å²) in [6, 6.07) is 15.2. The van der Waals surface area contributed by atoms with E-state index in [9.17, 15) is 14.4 Å². The molecule has 1 saturated carbocycles.